The number of carbonyl (C=O) groups excluding carboxylic acids is 1. The van der Waals surface area contributed by atoms with Crippen LogP contribution in [0.25, 0.3) is 0 Å². The lowest BCUT2D eigenvalue weighted by Crippen LogP contribution is -2.30. The maximum atomic E-state index is 12.7. The van der Waals surface area contributed by atoms with E-state index in [0.717, 1.165) is 25.0 Å². The molecular formula is C21H25ClN2O3. The van der Waals surface area contributed by atoms with E-state index in [2.05, 4.69) is 5.32 Å². The van der Waals surface area contributed by atoms with Crippen LogP contribution in [-0.4, -0.2) is 25.2 Å². The van der Waals surface area contributed by atoms with Crippen molar-refractivity contribution in [2.24, 2.45) is 11.7 Å². The molecule has 6 heteroatoms. The molecule has 1 heterocycles. The highest BCUT2D eigenvalue weighted by molar-refractivity contribution is 6.31. The molecule has 0 bridgehead atoms. The standard InChI is InChI=1S/C21H25ClN2O3/c1-14(20(23)15-6-3-2-4-7-15)21(25)24-18-12-16(22)9-10-19(18)27-13-17-8-5-11-26-17/h2-4,6-7,9-10,12,14,17,20H,5,8,11,13,23H2,1H3,(H,24,25). The Hall–Kier alpha value is -2.08. The van der Waals surface area contributed by atoms with Crippen molar-refractivity contribution in [2.45, 2.75) is 31.9 Å². The molecule has 0 saturated carbocycles. The Morgan fingerprint density at radius 3 is 2.81 bits per heavy atom. The maximum absolute atomic E-state index is 12.7. The molecule has 5 nitrogen and oxygen atoms in total. The molecule has 3 N–H and O–H groups in total. The Morgan fingerprint density at radius 2 is 2.11 bits per heavy atom. The minimum atomic E-state index is -0.419. The van der Waals surface area contributed by atoms with Gasteiger partial charge in [-0.25, -0.2) is 0 Å². The van der Waals surface area contributed by atoms with Gasteiger partial charge in [0.05, 0.1) is 17.7 Å². The van der Waals surface area contributed by atoms with Gasteiger partial charge >= 0.3 is 0 Å². The second-order valence-electron chi connectivity index (χ2n) is 6.80. The molecule has 1 saturated heterocycles. The van der Waals surface area contributed by atoms with Crippen molar-refractivity contribution in [2.75, 3.05) is 18.5 Å². The smallest absolute Gasteiger partial charge is 0.229 e. The van der Waals surface area contributed by atoms with Crippen molar-refractivity contribution < 1.29 is 14.3 Å². The third-order valence-electron chi connectivity index (χ3n) is 4.78. The Morgan fingerprint density at radius 1 is 1.33 bits per heavy atom. The van der Waals surface area contributed by atoms with Crippen molar-refractivity contribution >= 4 is 23.2 Å². The average Bonchev–Trinajstić information content (AvgIpc) is 3.20. The van der Waals surface area contributed by atoms with E-state index in [0.29, 0.717) is 23.1 Å². The summed E-state index contributed by atoms with van der Waals surface area (Å²) in [4.78, 5) is 12.7. The van der Waals surface area contributed by atoms with Crippen LogP contribution in [-0.2, 0) is 9.53 Å². The van der Waals surface area contributed by atoms with Crippen molar-refractivity contribution in [1.29, 1.82) is 0 Å². The molecule has 3 rings (SSSR count). The number of hydrogen-bond donors (Lipinski definition) is 2. The van der Waals surface area contributed by atoms with Crippen molar-refractivity contribution in [3.8, 4) is 5.75 Å². The lowest BCUT2D eigenvalue weighted by atomic mass is 9.94. The summed E-state index contributed by atoms with van der Waals surface area (Å²) in [6, 6.07) is 14.4. The lowest BCUT2D eigenvalue weighted by Gasteiger charge is -2.21. The highest BCUT2D eigenvalue weighted by Gasteiger charge is 2.23. The van der Waals surface area contributed by atoms with Gasteiger partial charge < -0.3 is 20.5 Å². The Balaban J connectivity index is 1.67. The van der Waals surface area contributed by atoms with Gasteiger partial charge in [0.15, 0.2) is 0 Å². The van der Waals surface area contributed by atoms with Crippen LogP contribution in [0.3, 0.4) is 0 Å². The second-order valence-corrected chi connectivity index (χ2v) is 7.24. The molecule has 3 atom stereocenters. The van der Waals surface area contributed by atoms with Crippen LogP contribution in [0.5, 0.6) is 5.75 Å². The van der Waals surface area contributed by atoms with Crippen LogP contribution in [0.15, 0.2) is 48.5 Å². The average molecular weight is 389 g/mol. The number of carbonyl (C=O) groups is 1. The van der Waals surface area contributed by atoms with Crippen LogP contribution in [0.4, 0.5) is 5.69 Å². The van der Waals surface area contributed by atoms with Crippen LogP contribution in [0.2, 0.25) is 5.02 Å². The first kappa shape index (κ1) is 19.7. The topological polar surface area (TPSA) is 73.6 Å². The van der Waals surface area contributed by atoms with E-state index in [1.54, 1.807) is 18.2 Å². The van der Waals surface area contributed by atoms with Crippen LogP contribution in [0, 0.1) is 5.92 Å². The minimum Gasteiger partial charge on any atom is -0.489 e. The molecule has 2 aromatic carbocycles. The van der Waals surface area contributed by atoms with Gasteiger partial charge in [0.2, 0.25) is 5.91 Å². The zero-order chi connectivity index (χ0) is 19.2. The molecule has 2 aromatic rings. The van der Waals surface area contributed by atoms with Crippen molar-refractivity contribution in [1.82, 2.24) is 0 Å². The van der Waals surface area contributed by atoms with Crippen LogP contribution < -0.4 is 15.8 Å². The van der Waals surface area contributed by atoms with Gasteiger partial charge in [-0.15, -0.1) is 0 Å². The number of ether oxygens (including phenoxy) is 2. The number of anilines is 1. The van der Waals surface area contributed by atoms with Crippen LogP contribution in [0.1, 0.15) is 31.4 Å². The van der Waals surface area contributed by atoms with E-state index < -0.39 is 12.0 Å². The van der Waals surface area contributed by atoms with Gasteiger partial charge in [0, 0.05) is 17.7 Å². The summed E-state index contributed by atoms with van der Waals surface area (Å²) in [6.45, 7) is 3.03. The molecule has 3 unspecified atom stereocenters. The fraction of sp³-hybridized carbons (Fsp3) is 0.381. The summed E-state index contributed by atoms with van der Waals surface area (Å²) >= 11 is 6.11. The first-order valence-corrected chi connectivity index (χ1v) is 9.57. The predicted molar refractivity (Wildman–Crippen MR) is 107 cm³/mol. The molecule has 1 fully saturated rings. The van der Waals surface area contributed by atoms with E-state index in [9.17, 15) is 4.79 Å². The highest BCUT2D eigenvalue weighted by atomic mass is 35.5. The zero-order valence-electron chi connectivity index (χ0n) is 15.4. The fourth-order valence-electron chi connectivity index (χ4n) is 3.06. The number of amides is 1. The first-order chi connectivity index (χ1) is 13.0. The number of benzene rings is 2. The van der Waals surface area contributed by atoms with E-state index in [1.807, 2.05) is 37.3 Å². The summed E-state index contributed by atoms with van der Waals surface area (Å²) < 4.78 is 11.5. The minimum absolute atomic E-state index is 0.0923. The number of nitrogens with one attached hydrogen (secondary N) is 1. The molecule has 27 heavy (non-hydrogen) atoms. The van der Waals surface area contributed by atoms with Gasteiger partial charge in [0.1, 0.15) is 12.4 Å². The van der Waals surface area contributed by atoms with E-state index in [1.165, 1.54) is 0 Å². The van der Waals surface area contributed by atoms with E-state index in [-0.39, 0.29) is 12.0 Å². The van der Waals surface area contributed by atoms with E-state index in [4.69, 9.17) is 26.8 Å². The molecule has 0 radical (unpaired) electrons. The number of rotatable bonds is 7. The summed E-state index contributed by atoms with van der Waals surface area (Å²) in [6.07, 6.45) is 2.13. The summed E-state index contributed by atoms with van der Waals surface area (Å²) in [5.74, 6) is -0.0308. The SMILES string of the molecule is CC(C(=O)Nc1cc(Cl)ccc1OCC1CCCO1)C(N)c1ccccc1. The van der Waals surface area contributed by atoms with Crippen molar-refractivity contribution in [3.63, 3.8) is 0 Å². The third kappa shape index (κ3) is 5.22. The Bertz CT molecular complexity index is 763. The predicted octanol–water partition coefficient (Wildman–Crippen LogP) is 4.17. The van der Waals surface area contributed by atoms with Gasteiger partial charge in [-0.05, 0) is 36.6 Å². The molecule has 1 amide bonds. The third-order valence-corrected chi connectivity index (χ3v) is 5.02. The Kier molecular flexibility index (Phi) is 6.72. The number of nitrogens with two attached hydrogens (primary N) is 1. The quantitative estimate of drug-likeness (QED) is 0.746. The molecule has 0 aliphatic carbocycles. The molecular weight excluding hydrogens is 364 g/mol. The van der Waals surface area contributed by atoms with E-state index >= 15 is 0 Å². The summed E-state index contributed by atoms with van der Waals surface area (Å²) in [5, 5.41) is 3.43. The molecule has 1 aliphatic heterocycles. The number of halogens is 1. The highest BCUT2D eigenvalue weighted by Crippen LogP contribution is 2.30. The lowest BCUT2D eigenvalue weighted by molar-refractivity contribution is -0.120. The molecule has 144 valence electrons. The van der Waals surface area contributed by atoms with Gasteiger partial charge in [-0.3, -0.25) is 4.79 Å². The maximum Gasteiger partial charge on any atom is 0.229 e. The normalized spacial score (nSPS) is 18.7. The largest absolute Gasteiger partial charge is 0.489 e. The fourth-order valence-corrected chi connectivity index (χ4v) is 3.23. The molecule has 0 aromatic heterocycles. The monoisotopic (exact) mass is 388 g/mol. The zero-order valence-corrected chi connectivity index (χ0v) is 16.1. The summed E-state index contributed by atoms with van der Waals surface area (Å²) in [5.41, 5.74) is 7.72. The van der Waals surface area contributed by atoms with Crippen LogP contribution >= 0.6 is 11.6 Å². The Labute approximate surface area is 164 Å². The molecule has 0 spiro atoms. The molecule has 1 aliphatic rings. The number of hydrogen-bond acceptors (Lipinski definition) is 4. The second kappa shape index (κ2) is 9.22. The van der Waals surface area contributed by atoms with Gasteiger partial charge in [-0.2, -0.15) is 0 Å². The first-order valence-electron chi connectivity index (χ1n) is 9.20. The van der Waals surface area contributed by atoms with Crippen molar-refractivity contribution in [3.05, 3.63) is 59.1 Å². The van der Waals surface area contributed by atoms with Gasteiger partial charge in [-0.1, -0.05) is 48.9 Å². The van der Waals surface area contributed by atoms with Gasteiger partial charge in [0.25, 0.3) is 0 Å². The summed E-state index contributed by atoms with van der Waals surface area (Å²) in [7, 11) is 0.